The molecule has 3 heteroatoms. The quantitative estimate of drug-likeness (QED) is 0.688. The normalized spacial score (nSPS) is 30.3. The maximum atomic E-state index is 5.94. The van der Waals surface area contributed by atoms with Crippen LogP contribution < -0.4 is 11.5 Å². The monoisotopic (exact) mass is 212 g/mol. The average molecular weight is 212 g/mol. The molecular weight excluding hydrogens is 188 g/mol. The Kier molecular flexibility index (Phi) is 6.48. The van der Waals surface area contributed by atoms with Gasteiger partial charge in [-0.25, -0.2) is 0 Å². The topological polar surface area (TPSA) is 56.3 Å². The lowest BCUT2D eigenvalue weighted by Crippen LogP contribution is -2.57. The van der Waals surface area contributed by atoms with Crippen molar-refractivity contribution in [3.63, 3.8) is 0 Å². The smallest absolute Gasteiger partial charge is 0.0869 e. The number of rotatable bonds is 5. The number of nitrogens with one attached hydrogen (secondary N) is 1. The summed E-state index contributed by atoms with van der Waals surface area (Å²) in [5.74, 6) is 0. The molecule has 0 aromatic heterocycles. The minimum Gasteiger partial charge on any atom is -0.372 e. The lowest BCUT2D eigenvalue weighted by Gasteiger charge is -2.43. The SMILES string of the molecule is C=CCC1NCCOC1(CC)CC=C.N. The second-order valence-corrected chi connectivity index (χ2v) is 3.79. The first kappa shape index (κ1) is 14.4. The van der Waals surface area contributed by atoms with E-state index in [0.29, 0.717) is 6.04 Å². The second-order valence-electron chi connectivity index (χ2n) is 3.79. The van der Waals surface area contributed by atoms with Gasteiger partial charge in [0, 0.05) is 12.6 Å². The molecule has 1 aliphatic heterocycles. The van der Waals surface area contributed by atoms with Crippen LogP contribution in [0.4, 0.5) is 0 Å². The highest BCUT2D eigenvalue weighted by Gasteiger charge is 2.38. The molecule has 0 radical (unpaired) electrons. The van der Waals surface area contributed by atoms with Crippen molar-refractivity contribution in [1.29, 1.82) is 0 Å². The summed E-state index contributed by atoms with van der Waals surface area (Å²) in [4.78, 5) is 0. The molecule has 1 saturated heterocycles. The number of morpholine rings is 1. The predicted molar refractivity (Wildman–Crippen MR) is 65.4 cm³/mol. The average Bonchev–Trinajstić information content (AvgIpc) is 2.22. The van der Waals surface area contributed by atoms with Crippen LogP contribution in [-0.4, -0.2) is 24.8 Å². The lowest BCUT2D eigenvalue weighted by atomic mass is 9.84. The molecule has 0 bridgehead atoms. The van der Waals surface area contributed by atoms with E-state index < -0.39 is 0 Å². The molecule has 0 aromatic rings. The van der Waals surface area contributed by atoms with Crippen LogP contribution in [0.1, 0.15) is 26.2 Å². The summed E-state index contributed by atoms with van der Waals surface area (Å²) in [6.07, 6.45) is 6.80. The molecule has 2 unspecified atom stereocenters. The third-order valence-electron chi connectivity index (χ3n) is 3.01. The van der Waals surface area contributed by atoms with Crippen LogP contribution in [0.3, 0.4) is 0 Å². The van der Waals surface area contributed by atoms with E-state index in [0.717, 1.165) is 32.4 Å². The van der Waals surface area contributed by atoms with E-state index in [-0.39, 0.29) is 11.8 Å². The molecular formula is C12H24N2O. The largest absolute Gasteiger partial charge is 0.372 e. The van der Waals surface area contributed by atoms with Crippen LogP contribution in [0.25, 0.3) is 0 Å². The summed E-state index contributed by atoms with van der Waals surface area (Å²) in [5, 5.41) is 3.50. The number of hydrogen-bond donors (Lipinski definition) is 2. The standard InChI is InChI=1S/C12H21NO.H3N/c1-4-7-11-12(6-3,8-5-2)14-10-9-13-11;/h4-5,11,13H,1-2,6-10H2,3H3;1H3. The van der Waals surface area contributed by atoms with Crippen molar-refractivity contribution in [3.8, 4) is 0 Å². The lowest BCUT2D eigenvalue weighted by molar-refractivity contribution is -0.0963. The highest BCUT2D eigenvalue weighted by Crippen LogP contribution is 2.29. The summed E-state index contributed by atoms with van der Waals surface area (Å²) < 4.78 is 5.94. The molecule has 1 aliphatic rings. The molecule has 2 atom stereocenters. The zero-order chi connectivity index (χ0) is 10.4. The van der Waals surface area contributed by atoms with Crippen molar-refractivity contribution >= 4 is 0 Å². The van der Waals surface area contributed by atoms with Crippen molar-refractivity contribution in [3.05, 3.63) is 25.3 Å². The fraction of sp³-hybridized carbons (Fsp3) is 0.667. The van der Waals surface area contributed by atoms with Crippen molar-refractivity contribution in [2.45, 2.75) is 37.8 Å². The third kappa shape index (κ3) is 3.16. The molecule has 0 saturated carbocycles. The molecule has 4 N–H and O–H groups in total. The molecule has 1 heterocycles. The van der Waals surface area contributed by atoms with Crippen molar-refractivity contribution < 1.29 is 4.74 Å². The van der Waals surface area contributed by atoms with Crippen molar-refractivity contribution in [2.75, 3.05) is 13.2 Å². The van der Waals surface area contributed by atoms with Gasteiger partial charge in [-0.05, 0) is 19.3 Å². The molecule has 0 amide bonds. The van der Waals surface area contributed by atoms with Crippen LogP contribution in [0, 0.1) is 0 Å². The van der Waals surface area contributed by atoms with Gasteiger partial charge in [0.25, 0.3) is 0 Å². The van der Waals surface area contributed by atoms with Gasteiger partial charge in [0.1, 0.15) is 0 Å². The zero-order valence-corrected chi connectivity index (χ0v) is 9.80. The summed E-state index contributed by atoms with van der Waals surface area (Å²) >= 11 is 0. The van der Waals surface area contributed by atoms with Gasteiger partial charge < -0.3 is 16.2 Å². The molecule has 1 fully saturated rings. The maximum absolute atomic E-state index is 5.94. The Hall–Kier alpha value is -0.640. The van der Waals surface area contributed by atoms with Crippen LogP contribution in [0.2, 0.25) is 0 Å². The zero-order valence-electron chi connectivity index (χ0n) is 9.80. The van der Waals surface area contributed by atoms with Gasteiger partial charge in [0.2, 0.25) is 0 Å². The maximum Gasteiger partial charge on any atom is 0.0869 e. The van der Waals surface area contributed by atoms with Gasteiger partial charge in [-0.2, -0.15) is 0 Å². The second kappa shape index (κ2) is 6.77. The van der Waals surface area contributed by atoms with E-state index in [1.54, 1.807) is 0 Å². The molecule has 0 aromatic carbocycles. The Bertz CT molecular complexity index is 206. The summed E-state index contributed by atoms with van der Waals surface area (Å²) in [5.41, 5.74) is -0.0613. The predicted octanol–water partition coefficient (Wildman–Crippen LogP) is 2.44. The Morgan fingerprint density at radius 3 is 2.73 bits per heavy atom. The summed E-state index contributed by atoms with van der Waals surface area (Å²) in [6, 6.07) is 0.386. The Morgan fingerprint density at radius 2 is 2.20 bits per heavy atom. The number of hydrogen-bond acceptors (Lipinski definition) is 3. The minimum atomic E-state index is -0.0613. The van der Waals surface area contributed by atoms with Crippen LogP contribution in [-0.2, 0) is 4.74 Å². The van der Waals surface area contributed by atoms with Crippen LogP contribution >= 0.6 is 0 Å². The van der Waals surface area contributed by atoms with E-state index in [1.165, 1.54) is 0 Å². The van der Waals surface area contributed by atoms with Gasteiger partial charge >= 0.3 is 0 Å². The summed E-state index contributed by atoms with van der Waals surface area (Å²) in [7, 11) is 0. The first-order valence-corrected chi connectivity index (χ1v) is 5.38. The Balaban J connectivity index is 0.00000196. The molecule has 0 aliphatic carbocycles. The first-order valence-electron chi connectivity index (χ1n) is 5.38. The van der Waals surface area contributed by atoms with E-state index in [2.05, 4.69) is 25.4 Å². The molecule has 0 spiro atoms. The Morgan fingerprint density at radius 1 is 1.47 bits per heavy atom. The number of ether oxygens (including phenoxy) is 1. The van der Waals surface area contributed by atoms with Gasteiger partial charge in [-0.1, -0.05) is 19.1 Å². The van der Waals surface area contributed by atoms with E-state index in [9.17, 15) is 0 Å². The molecule has 88 valence electrons. The molecule has 1 rings (SSSR count). The van der Waals surface area contributed by atoms with Crippen LogP contribution in [0.5, 0.6) is 0 Å². The highest BCUT2D eigenvalue weighted by atomic mass is 16.5. The molecule has 3 nitrogen and oxygen atoms in total. The first-order chi connectivity index (χ1) is 6.79. The van der Waals surface area contributed by atoms with Gasteiger partial charge in [0.15, 0.2) is 0 Å². The van der Waals surface area contributed by atoms with Gasteiger partial charge in [-0.15, -0.1) is 13.2 Å². The highest BCUT2D eigenvalue weighted by molar-refractivity contribution is 5.01. The summed E-state index contributed by atoms with van der Waals surface area (Å²) in [6.45, 7) is 11.5. The minimum absolute atomic E-state index is 0. The van der Waals surface area contributed by atoms with Gasteiger partial charge in [0.05, 0.1) is 12.2 Å². The Labute approximate surface area is 93.2 Å². The third-order valence-corrected chi connectivity index (χ3v) is 3.01. The van der Waals surface area contributed by atoms with E-state index >= 15 is 0 Å². The fourth-order valence-electron chi connectivity index (χ4n) is 2.18. The molecule has 15 heavy (non-hydrogen) atoms. The van der Waals surface area contributed by atoms with E-state index in [4.69, 9.17) is 4.74 Å². The van der Waals surface area contributed by atoms with Crippen LogP contribution in [0.15, 0.2) is 25.3 Å². The van der Waals surface area contributed by atoms with E-state index in [1.807, 2.05) is 12.2 Å². The van der Waals surface area contributed by atoms with Gasteiger partial charge in [-0.3, -0.25) is 0 Å². The fourth-order valence-corrected chi connectivity index (χ4v) is 2.18. The van der Waals surface area contributed by atoms with Crippen molar-refractivity contribution in [1.82, 2.24) is 11.5 Å². The van der Waals surface area contributed by atoms with Crippen molar-refractivity contribution in [2.24, 2.45) is 0 Å².